The summed E-state index contributed by atoms with van der Waals surface area (Å²) >= 11 is 0. The van der Waals surface area contributed by atoms with Gasteiger partial charge in [-0.05, 0) is 45.4 Å². The third kappa shape index (κ3) is 2.15. The molecule has 3 rings (SSSR count). The van der Waals surface area contributed by atoms with Crippen molar-refractivity contribution in [1.29, 1.82) is 0 Å². The van der Waals surface area contributed by atoms with E-state index in [0.29, 0.717) is 11.8 Å². The number of amides is 1. The van der Waals surface area contributed by atoms with E-state index < -0.39 is 0 Å². The molecule has 1 aromatic heterocycles. The SMILES string of the molecule is Cc1nn(C)c(C)c1[C@@H](C)NC(=O)C1[C@H]2CCCC[C@H]12. The molecule has 110 valence electrons. The Balaban J connectivity index is 1.67. The number of aryl methyl sites for hydroxylation is 2. The molecule has 0 unspecified atom stereocenters. The molecule has 0 aliphatic heterocycles. The minimum absolute atomic E-state index is 0.0545. The van der Waals surface area contributed by atoms with Gasteiger partial charge in [0.1, 0.15) is 0 Å². The normalized spacial score (nSPS) is 29.7. The number of carbonyl (C=O) groups is 1. The van der Waals surface area contributed by atoms with Crippen molar-refractivity contribution in [1.82, 2.24) is 15.1 Å². The lowest BCUT2D eigenvalue weighted by molar-refractivity contribution is -0.123. The van der Waals surface area contributed by atoms with Crippen LogP contribution >= 0.6 is 0 Å². The third-order valence-corrected chi connectivity index (χ3v) is 5.32. The number of nitrogens with one attached hydrogen (secondary N) is 1. The number of carbonyl (C=O) groups excluding carboxylic acids is 1. The largest absolute Gasteiger partial charge is 0.349 e. The number of hydrogen-bond acceptors (Lipinski definition) is 2. The molecule has 4 heteroatoms. The second kappa shape index (κ2) is 4.90. The number of hydrogen-bond donors (Lipinski definition) is 1. The number of nitrogens with zero attached hydrogens (tertiary/aromatic N) is 2. The van der Waals surface area contributed by atoms with Crippen molar-refractivity contribution in [2.24, 2.45) is 24.8 Å². The first-order valence-electron chi connectivity index (χ1n) is 7.81. The molecule has 2 aliphatic carbocycles. The van der Waals surface area contributed by atoms with Gasteiger partial charge < -0.3 is 5.32 Å². The van der Waals surface area contributed by atoms with Crippen molar-refractivity contribution in [3.8, 4) is 0 Å². The summed E-state index contributed by atoms with van der Waals surface area (Å²) in [6.07, 6.45) is 5.12. The molecule has 1 N–H and O–H groups in total. The summed E-state index contributed by atoms with van der Waals surface area (Å²) in [5.41, 5.74) is 3.33. The maximum Gasteiger partial charge on any atom is 0.224 e. The zero-order valence-corrected chi connectivity index (χ0v) is 12.9. The van der Waals surface area contributed by atoms with Gasteiger partial charge in [0, 0.05) is 24.2 Å². The Bertz CT molecular complexity index is 522. The molecule has 0 bridgehead atoms. The van der Waals surface area contributed by atoms with Gasteiger partial charge in [-0.2, -0.15) is 5.10 Å². The second-order valence-corrected chi connectivity index (χ2v) is 6.58. The first-order chi connectivity index (χ1) is 9.50. The number of fused-ring (bicyclic) bond motifs is 1. The van der Waals surface area contributed by atoms with Crippen LogP contribution in [0.2, 0.25) is 0 Å². The second-order valence-electron chi connectivity index (χ2n) is 6.58. The predicted molar refractivity (Wildman–Crippen MR) is 78.2 cm³/mol. The number of rotatable bonds is 3. The van der Waals surface area contributed by atoms with Crippen molar-refractivity contribution in [3.63, 3.8) is 0 Å². The molecule has 2 saturated carbocycles. The fraction of sp³-hybridized carbons (Fsp3) is 0.750. The van der Waals surface area contributed by atoms with E-state index in [0.717, 1.165) is 11.4 Å². The van der Waals surface area contributed by atoms with Gasteiger partial charge in [-0.1, -0.05) is 12.8 Å². The quantitative estimate of drug-likeness (QED) is 0.922. The maximum absolute atomic E-state index is 12.4. The van der Waals surface area contributed by atoms with Crippen molar-refractivity contribution in [2.75, 3.05) is 0 Å². The Morgan fingerprint density at radius 2 is 1.90 bits per heavy atom. The van der Waals surface area contributed by atoms with E-state index in [1.54, 1.807) is 0 Å². The predicted octanol–water partition coefficient (Wildman–Crippen LogP) is 2.65. The molecular formula is C16H25N3O. The van der Waals surface area contributed by atoms with E-state index in [1.807, 2.05) is 18.7 Å². The molecule has 0 saturated heterocycles. The molecular weight excluding hydrogens is 250 g/mol. The van der Waals surface area contributed by atoms with Crippen LogP contribution in [0.25, 0.3) is 0 Å². The van der Waals surface area contributed by atoms with Crippen LogP contribution in [-0.2, 0) is 11.8 Å². The monoisotopic (exact) mass is 275 g/mol. The van der Waals surface area contributed by atoms with Crippen molar-refractivity contribution >= 4 is 5.91 Å². The van der Waals surface area contributed by atoms with Crippen LogP contribution in [0.5, 0.6) is 0 Å². The van der Waals surface area contributed by atoms with E-state index in [1.165, 1.54) is 31.2 Å². The van der Waals surface area contributed by atoms with Crippen molar-refractivity contribution in [2.45, 2.75) is 52.5 Å². The van der Waals surface area contributed by atoms with E-state index in [-0.39, 0.29) is 17.9 Å². The molecule has 0 spiro atoms. The molecule has 1 amide bonds. The number of aromatic nitrogens is 2. The Kier molecular flexibility index (Phi) is 3.35. The molecule has 0 radical (unpaired) electrons. The topological polar surface area (TPSA) is 46.9 Å². The zero-order valence-electron chi connectivity index (χ0n) is 12.9. The lowest BCUT2D eigenvalue weighted by Gasteiger charge is -2.15. The van der Waals surface area contributed by atoms with Crippen molar-refractivity contribution in [3.05, 3.63) is 17.0 Å². The van der Waals surface area contributed by atoms with Crippen LogP contribution in [0, 0.1) is 31.6 Å². The van der Waals surface area contributed by atoms with Crippen LogP contribution < -0.4 is 5.32 Å². The van der Waals surface area contributed by atoms with Crippen LogP contribution in [0.1, 0.15) is 55.6 Å². The van der Waals surface area contributed by atoms with E-state index in [2.05, 4.69) is 24.3 Å². The first-order valence-corrected chi connectivity index (χ1v) is 7.81. The highest BCUT2D eigenvalue weighted by atomic mass is 16.2. The lowest BCUT2D eigenvalue weighted by Crippen LogP contribution is -2.29. The fourth-order valence-electron chi connectivity index (χ4n) is 4.18. The molecule has 2 aliphatic rings. The molecule has 1 aromatic rings. The van der Waals surface area contributed by atoms with E-state index in [4.69, 9.17) is 0 Å². The zero-order chi connectivity index (χ0) is 14.4. The van der Waals surface area contributed by atoms with Gasteiger partial charge >= 0.3 is 0 Å². The standard InChI is InChI=1S/C16H25N3O/c1-9(14-10(2)18-19(4)11(14)3)17-16(20)15-12-7-5-6-8-13(12)15/h9,12-13,15H,5-8H2,1-4H3,(H,17,20)/t9-,12+,13+/m1/s1. The average molecular weight is 275 g/mol. The Morgan fingerprint density at radius 1 is 1.30 bits per heavy atom. The fourth-order valence-corrected chi connectivity index (χ4v) is 4.18. The Labute approximate surface area is 120 Å². The summed E-state index contributed by atoms with van der Waals surface area (Å²) in [6, 6.07) is 0.0545. The van der Waals surface area contributed by atoms with Gasteiger partial charge in [0.15, 0.2) is 0 Å². The molecule has 3 atom stereocenters. The first kappa shape index (κ1) is 13.7. The van der Waals surface area contributed by atoms with Gasteiger partial charge in [0.2, 0.25) is 5.91 Å². The molecule has 0 aromatic carbocycles. The highest BCUT2D eigenvalue weighted by molar-refractivity contribution is 5.82. The van der Waals surface area contributed by atoms with Gasteiger partial charge in [-0.25, -0.2) is 0 Å². The average Bonchev–Trinajstić information content (AvgIpc) is 3.06. The Morgan fingerprint density at radius 3 is 2.40 bits per heavy atom. The summed E-state index contributed by atoms with van der Waals surface area (Å²) in [6.45, 7) is 6.15. The maximum atomic E-state index is 12.4. The van der Waals surface area contributed by atoms with Crippen LogP contribution in [0.15, 0.2) is 0 Å². The minimum Gasteiger partial charge on any atom is -0.349 e. The van der Waals surface area contributed by atoms with E-state index >= 15 is 0 Å². The molecule has 20 heavy (non-hydrogen) atoms. The molecule has 4 nitrogen and oxygen atoms in total. The van der Waals surface area contributed by atoms with E-state index in [9.17, 15) is 4.79 Å². The van der Waals surface area contributed by atoms with Gasteiger partial charge in [0.25, 0.3) is 0 Å². The molecule has 1 heterocycles. The van der Waals surface area contributed by atoms with Crippen LogP contribution in [0.4, 0.5) is 0 Å². The summed E-state index contributed by atoms with van der Waals surface area (Å²) < 4.78 is 1.89. The molecule has 2 fully saturated rings. The smallest absolute Gasteiger partial charge is 0.224 e. The highest BCUT2D eigenvalue weighted by Crippen LogP contribution is 2.55. The van der Waals surface area contributed by atoms with Crippen LogP contribution in [0.3, 0.4) is 0 Å². The Hall–Kier alpha value is -1.32. The summed E-state index contributed by atoms with van der Waals surface area (Å²) in [7, 11) is 1.95. The minimum atomic E-state index is 0.0545. The van der Waals surface area contributed by atoms with Gasteiger partial charge in [-0.3, -0.25) is 9.48 Å². The van der Waals surface area contributed by atoms with Crippen LogP contribution in [-0.4, -0.2) is 15.7 Å². The van der Waals surface area contributed by atoms with Gasteiger partial charge in [-0.15, -0.1) is 0 Å². The highest BCUT2D eigenvalue weighted by Gasteiger charge is 2.54. The summed E-state index contributed by atoms with van der Waals surface area (Å²) in [5.74, 6) is 1.90. The van der Waals surface area contributed by atoms with Crippen molar-refractivity contribution < 1.29 is 4.79 Å². The van der Waals surface area contributed by atoms with Gasteiger partial charge in [0.05, 0.1) is 11.7 Å². The summed E-state index contributed by atoms with van der Waals surface area (Å²) in [5, 5.41) is 7.65. The summed E-state index contributed by atoms with van der Waals surface area (Å²) in [4.78, 5) is 12.4. The lowest BCUT2D eigenvalue weighted by atomic mass is 10.0. The third-order valence-electron chi connectivity index (χ3n) is 5.32.